The van der Waals surface area contributed by atoms with Crippen LogP contribution in [0.1, 0.15) is 52.4 Å². The van der Waals surface area contributed by atoms with Gasteiger partial charge in [0.15, 0.2) is 0 Å². The molecule has 0 aromatic rings. The molecule has 4 bridgehead atoms. The molecule has 6 aliphatic rings. The number of nitrogens with one attached hydrogen (secondary N) is 2. The molecule has 6 aliphatic heterocycles. The smallest absolute Gasteiger partial charge is 0.309 e. The standard InChI is InChI=1S/C22H38N4O2/c1-3-15-13-25-7-5-17(15)9-19(25)11-23-21(27)22(28)24-12-20-10-18-6-8-26(20)14-16(18)4-2/h15-20H,3-14H2,1-2H3,(H,23,27)(H,24,28)/t15-,16-,17-,18-,19+,20+/m0/s1. The van der Waals surface area contributed by atoms with Gasteiger partial charge in [0.1, 0.15) is 0 Å². The number of nitrogens with zero attached hydrogens (tertiary/aromatic N) is 2. The summed E-state index contributed by atoms with van der Waals surface area (Å²) in [5.41, 5.74) is 0. The number of rotatable bonds is 6. The number of carbonyl (C=O) groups is 2. The van der Waals surface area contributed by atoms with Crippen LogP contribution in [-0.2, 0) is 9.59 Å². The summed E-state index contributed by atoms with van der Waals surface area (Å²) in [5.74, 6) is 2.31. The van der Waals surface area contributed by atoms with Gasteiger partial charge in [0, 0.05) is 38.3 Å². The predicted octanol–water partition coefficient (Wildman–Crippen LogP) is 1.46. The van der Waals surface area contributed by atoms with Crippen LogP contribution in [0.15, 0.2) is 0 Å². The van der Waals surface area contributed by atoms with Gasteiger partial charge < -0.3 is 10.6 Å². The third-order valence-electron chi connectivity index (χ3n) is 8.28. The Bertz CT molecular complexity index is 533. The third-order valence-corrected chi connectivity index (χ3v) is 8.28. The SMILES string of the molecule is CC[C@H]1CN2CC[C@H]1C[C@@H]2CNC(=O)C(=O)NC[C@H]1C[C@@H]2CCN1C[C@@H]2CC. The van der Waals surface area contributed by atoms with E-state index in [4.69, 9.17) is 0 Å². The Hall–Kier alpha value is -1.14. The van der Waals surface area contributed by atoms with Gasteiger partial charge in [-0.15, -0.1) is 0 Å². The quantitative estimate of drug-likeness (QED) is 0.674. The topological polar surface area (TPSA) is 64.7 Å². The number of fused-ring (bicyclic) bond motifs is 6. The number of amides is 2. The van der Waals surface area contributed by atoms with E-state index in [0.29, 0.717) is 25.2 Å². The van der Waals surface area contributed by atoms with Crippen LogP contribution in [0.5, 0.6) is 0 Å². The fourth-order valence-electron chi connectivity index (χ4n) is 6.43. The zero-order valence-electron chi connectivity index (χ0n) is 17.7. The molecular formula is C22H38N4O2. The molecule has 2 N–H and O–H groups in total. The average molecular weight is 391 g/mol. The molecule has 6 nitrogen and oxygen atoms in total. The molecule has 0 aromatic carbocycles. The van der Waals surface area contributed by atoms with Crippen LogP contribution in [-0.4, -0.2) is 73.0 Å². The van der Waals surface area contributed by atoms with Gasteiger partial charge in [0.2, 0.25) is 0 Å². The van der Waals surface area contributed by atoms with Crippen molar-refractivity contribution in [3.8, 4) is 0 Å². The Morgan fingerprint density at radius 2 is 1.21 bits per heavy atom. The maximum absolute atomic E-state index is 12.3. The number of hydrogen-bond donors (Lipinski definition) is 2. The molecule has 158 valence electrons. The maximum atomic E-state index is 12.3. The lowest BCUT2D eigenvalue weighted by atomic mass is 9.74. The summed E-state index contributed by atoms with van der Waals surface area (Å²) < 4.78 is 0. The number of carbonyl (C=O) groups excluding carboxylic acids is 2. The van der Waals surface area contributed by atoms with Gasteiger partial charge in [0.05, 0.1) is 0 Å². The Kier molecular flexibility index (Phi) is 6.26. The van der Waals surface area contributed by atoms with E-state index in [1.165, 1.54) is 25.7 Å². The Balaban J connectivity index is 1.18. The minimum absolute atomic E-state index is 0.407. The van der Waals surface area contributed by atoms with Crippen LogP contribution in [0, 0.1) is 23.7 Å². The van der Waals surface area contributed by atoms with Crippen LogP contribution in [0.3, 0.4) is 0 Å². The lowest BCUT2D eigenvalue weighted by Crippen LogP contribution is -2.58. The van der Waals surface area contributed by atoms with E-state index in [2.05, 4.69) is 34.3 Å². The molecule has 8 atom stereocenters. The van der Waals surface area contributed by atoms with E-state index in [-0.39, 0.29) is 0 Å². The first-order chi connectivity index (χ1) is 13.6. The Morgan fingerprint density at radius 3 is 1.54 bits per heavy atom. The summed E-state index contributed by atoms with van der Waals surface area (Å²) in [7, 11) is 0. The molecule has 6 heterocycles. The van der Waals surface area contributed by atoms with Crippen molar-refractivity contribution in [2.45, 2.75) is 64.5 Å². The summed E-state index contributed by atoms with van der Waals surface area (Å²) in [4.78, 5) is 29.6. The first kappa shape index (κ1) is 20.1. The molecule has 0 spiro atoms. The summed E-state index contributed by atoms with van der Waals surface area (Å²) >= 11 is 0. The fourth-order valence-corrected chi connectivity index (χ4v) is 6.43. The molecule has 0 aliphatic carbocycles. The van der Waals surface area contributed by atoms with Crippen LogP contribution < -0.4 is 10.6 Å². The summed E-state index contributed by atoms with van der Waals surface area (Å²) in [6.45, 7) is 10.4. The second-order valence-electron chi connectivity index (χ2n) is 9.62. The molecule has 2 unspecified atom stereocenters. The molecule has 0 saturated carbocycles. The minimum atomic E-state index is -0.461. The van der Waals surface area contributed by atoms with Crippen molar-refractivity contribution in [2.24, 2.45) is 23.7 Å². The van der Waals surface area contributed by atoms with Gasteiger partial charge >= 0.3 is 11.8 Å². The van der Waals surface area contributed by atoms with E-state index in [1.807, 2.05) is 0 Å². The van der Waals surface area contributed by atoms with Crippen molar-refractivity contribution in [1.29, 1.82) is 0 Å². The zero-order chi connectivity index (χ0) is 19.7. The average Bonchev–Trinajstić information content (AvgIpc) is 2.76. The van der Waals surface area contributed by atoms with E-state index in [0.717, 1.165) is 62.7 Å². The monoisotopic (exact) mass is 390 g/mol. The van der Waals surface area contributed by atoms with E-state index >= 15 is 0 Å². The Labute approximate surface area is 169 Å². The molecular weight excluding hydrogens is 352 g/mol. The van der Waals surface area contributed by atoms with Crippen LogP contribution in [0.2, 0.25) is 0 Å². The zero-order valence-corrected chi connectivity index (χ0v) is 17.7. The van der Waals surface area contributed by atoms with Crippen LogP contribution in [0.25, 0.3) is 0 Å². The summed E-state index contributed by atoms with van der Waals surface area (Å²) in [5, 5.41) is 5.80. The molecule has 0 radical (unpaired) electrons. The van der Waals surface area contributed by atoms with Crippen molar-refractivity contribution in [2.75, 3.05) is 39.3 Å². The summed E-state index contributed by atoms with van der Waals surface area (Å²) in [6, 6.07) is 0.814. The van der Waals surface area contributed by atoms with Gasteiger partial charge in [0.25, 0.3) is 0 Å². The van der Waals surface area contributed by atoms with Gasteiger partial charge in [-0.3, -0.25) is 19.4 Å². The van der Waals surface area contributed by atoms with Gasteiger partial charge in [-0.2, -0.15) is 0 Å². The molecule has 6 rings (SSSR count). The number of hydrogen-bond acceptors (Lipinski definition) is 4. The van der Waals surface area contributed by atoms with Crippen molar-refractivity contribution >= 4 is 11.8 Å². The highest BCUT2D eigenvalue weighted by Gasteiger charge is 2.40. The van der Waals surface area contributed by atoms with Gasteiger partial charge in [-0.05, 0) is 62.4 Å². The van der Waals surface area contributed by atoms with E-state index in [1.54, 1.807) is 0 Å². The van der Waals surface area contributed by atoms with Crippen molar-refractivity contribution in [1.82, 2.24) is 20.4 Å². The summed E-state index contributed by atoms with van der Waals surface area (Å²) in [6.07, 6.45) is 7.42. The van der Waals surface area contributed by atoms with Gasteiger partial charge in [-0.25, -0.2) is 0 Å². The molecule has 0 aromatic heterocycles. The highest BCUT2D eigenvalue weighted by atomic mass is 16.2. The van der Waals surface area contributed by atoms with Crippen molar-refractivity contribution < 1.29 is 9.59 Å². The second kappa shape index (κ2) is 8.70. The molecule has 6 fully saturated rings. The third kappa shape index (κ3) is 4.09. The first-order valence-corrected chi connectivity index (χ1v) is 11.6. The Morgan fingerprint density at radius 1 is 0.786 bits per heavy atom. The number of piperidine rings is 6. The highest BCUT2D eigenvalue weighted by Crippen LogP contribution is 2.38. The van der Waals surface area contributed by atoms with Crippen molar-refractivity contribution in [3.05, 3.63) is 0 Å². The van der Waals surface area contributed by atoms with Gasteiger partial charge in [-0.1, -0.05) is 26.7 Å². The molecule has 6 heteroatoms. The second-order valence-corrected chi connectivity index (χ2v) is 9.62. The largest absolute Gasteiger partial charge is 0.346 e. The predicted molar refractivity (Wildman–Crippen MR) is 110 cm³/mol. The highest BCUT2D eigenvalue weighted by molar-refractivity contribution is 6.35. The fraction of sp³-hybridized carbons (Fsp3) is 0.909. The maximum Gasteiger partial charge on any atom is 0.309 e. The molecule has 2 amide bonds. The van der Waals surface area contributed by atoms with E-state index in [9.17, 15) is 9.59 Å². The minimum Gasteiger partial charge on any atom is -0.346 e. The lowest BCUT2D eigenvalue weighted by molar-refractivity contribution is -0.139. The first-order valence-electron chi connectivity index (χ1n) is 11.6. The van der Waals surface area contributed by atoms with E-state index < -0.39 is 11.8 Å². The normalized spacial score (nSPS) is 41.6. The molecule has 6 saturated heterocycles. The van der Waals surface area contributed by atoms with Crippen LogP contribution >= 0.6 is 0 Å². The van der Waals surface area contributed by atoms with Crippen molar-refractivity contribution in [3.63, 3.8) is 0 Å². The lowest BCUT2D eigenvalue weighted by Gasteiger charge is -2.50. The molecule has 28 heavy (non-hydrogen) atoms. The van der Waals surface area contributed by atoms with Crippen LogP contribution in [0.4, 0.5) is 0 Å².